The van der Waals surface area contributed by atoms with Gasteiger partial charge < -0.3 is 19.3 Å². The maximum atomic E-state index is 14.9. The van der Waals surface area contributed by atoms with Gasteiger partial charge in [0.1, 0.15) is 5.82 Å². The van der Waals surface area contributed by atoms with Crippen LogP contribution in [0.1, 0.15) is 61.9 Å². The minimum Gasteiger partial charge on any atom is -0.453 e. The molecule has 1 aromatic carbocycles. The molecule has 7 nitrogen and oxygen atoms in total. The Hall–Kier alpha value is -2.61. The summed E-state index contributed by atoms with van der Waals surface area (Å²) < 4.78 is 27.5. The summed E-state index contributed by atoms with van der Waals surface area (Å²) >= 11 is 0. The van der Waals surface area contributed by atoms with Crippen LogP contribution in [-0.4, -0.2) is 54.7 Å². The molecule has 174 valence electrons. The molecule has 1 aromatic heterocycles. The van der Waals surface area contributed by atoms with Crippen molar-refractivity contribution in [3.8, 4) is 0 Å². The molecule has 0 saturated carbocycles. The number of anilines is 2. The van der Waals surface area contributed by atoms with Gasteiger partial charge in [-0.25, -0.2) is 9.18 Å². The lowest BCUT2D eigenvalue weighted by Gasteiger charge is -2.29. The van der Waals surface area contributed by atoms with Crippen LogP contribution in [0.15, 0.2) is 18.2 Å². The van der Waals surface area contributed by atoms with Gasteiger partial charge in [0, 0.05) is 50.2 Å². The Morgan fingerprint density at radius 1 is 1.38 bits per heavy atom. The van der Waals surface area contributed by atoms with Crippen LogP contribution < -0.4 is 4.90 Å². The molecule has 0 aliphatic carbocycles. The molecular weight excluding hydrogens is 411 g/mol. The maximum absolute atomic E-state index is 14.9. The molecule has 2 aromatic rings. The van der Waals surface area contributed by atoms with Crippen molar-refractivity contribution in [2.75, 3.05) is 38.8 Å². The van der Waals surface area contributed by atoms with E-state index in [2.05, 4.69) is 11.6 Å². The second kappa shape index (κ2) is 9.48. The third-order valence-electron chi connectivity index (χ3n) is 6.87. The van der Waals surface area contributed by atoms with Crippen LogP contribution in [0.4, 0.5) is 20.7 Å². The van der Waals surface area contributed by atoms with Crippen molar-refractivity contribution in [3.63, 3.8) is 0 Å². The third kappa shape index (κ3) is 4.20. The van der Waals surface area contributed by atoms with Crippen molar-refractivity contribution in [1.29, 1.82) is 0 Å². The molecule has 1 fully saturated rings. The van der Waals surface area contributed by atoms with Crippen molar-refractivity contribution in [3.05, 3.63) is 40.8 Å². The molecule has 4 rings (SSSR count). The van der Waals surface area contributed by atoms with Gasteiger partial charge in [-0.2, -0.15) is 5.10 Å². The third-order valence-corrected chi connectivity index (χ3v) is 6.87. The van der Waals surface area contributed by atoms with E-state index in [1.807, 2.05) is 31.0 Å². The highest BCUT2D eigenvalue weighted by Gasteiger charge is 2.32. The molecule has 0 N–H and O–H groups in total. The minimum atomic E-state index is -0.341. The molecule has 0 bridgehead atoms. The number of halogens is 1. The first kappa shape index (κ1) is 22.6. The normalized spacial score (nSPS) is 17.7. The zero-order valence-electron chi connectivity index (χ0n) is 19.4. The lowest BCUT2D eigenvalue weighted by molar-refractivity contribution is 0.0649. The van der Waals surface area contributed by atoms with Crippen LogP contribution in [0.25, 0.3) is 0 Å². The lowest BCUT2D eigenvalue weighted by atomic mass is 9.97. The van der Waals surface area contributed by atoms with Gasteiger partial charge in [0.25, 0.3) is 0 Å². The van der Waals surface area contributed by atoms with Crippen molar-refractivity contribution in [2.24, 2.45) is 0 Å². The van der Waals surface area contributed by atoms with Gasteiger partial charge in [-0.05, 0) is 42.9 Å². The first-order chi connectivity index (χ1) is 15.4. The molecular formula is C24H33FN4O3. The summed E-state index contributed by atoms with van der Waals surface area (Å²) in [7, 11) is 3.31. The molecule has 2 aliphatic heterocycles. The van der Waals surface area contributed by atoms with E-state index in [-0.39, 0.29) is 23.9 Å². The number of carbonyl (C=O) groups excluding carboxylic acids is 1. The van der Waals surface area contributed by atoms with Gasteiger partial charge in [-0.3, -0.25) is 4.68 Å². The van der Waals surface area contributed by atoms with E-state index >= 15 is 0 Å². The average Bonchev–Trinajstić information content (AvgIpc) is 3.21. The number of fused-ring (bicyclic) bond motifs is 1. The van der Waals surface area contributed by atoms with Crippen LogP contribution >= 0.6 is 0 Å². The summed E-state index contributed by atoms with van der Waals surface area (Å²) in [6.45, 7) is 6.57. The first-order valence-electron chi connectivity index (χ1n) is 11.5. The number of nitrogens with zero attached hydrogens (tertiary/aromatic N) is 4. The Bertz CT molecular complexity index is 970. The number of hydrogen-bond donors (Lipinski definition) is 0. The van der Waals surface area contributed by atoms with Gasteiger partial charge in [-0.1, -0.05) is 19.9 Å². The van der Waals surface area contributed by atoms with Crippen LogP contribution in [0, 0.1) is 5.82 Å². The SMILES string of the molecule is CCC(C)c1ccc(N(C)c2nn(C3CCOCC3)c3c2CN(C(=O)OC)CC3)cc1F. The van der Waals surface area contributed by atoms with Crippen LogP contribution in [0.2, 0.25) is 0 Å². The zero-order chi connectivity index (χ0) is 22.8. The van der Waals surface area contributed by atoms with E-state index in [4.69, 9.17) is 14.6 Å². The number of ether oxygens (including phenoxy) is 2. The monoisotopic (exact) mass is 444 g/mol. The fraction of sp³-hybridized carbons (Fsp3) is 0.583. The summed E-state index contributed by atoms with van der Waals surface area (Å²) in [4.78, 5) is 15.8. The fourth-order valence-corrected chi connectivity index (χ4v) is 4.68. The predicted octanol–water partition coefficient (Wildman–Crippen LogP) is 4.78. The van der Waals surface area contributed by atoms with Crippen LogP contribution in [0.5, 0.6) is 0 Å². The second-order valence-electron chi connectivity index (χ2n) is 8.75. The molecule has 2 aliphatic rings. The van der Waals surface area contributed by atoms with E-state index in [1.54, 1.807) is 11.0 Å². The zero-order valence-corrected chi connectivity index (χ0v) is 19.4. The molecule has 8 heteroatoms. The Morgan fingerprint density at radius 3 is 2.78 bits per heavy atom. The minimum absolute atomic E-state index is 0.170. The molecule has 0 radical (unpaired) electrons. The largest absolute Gasteiger partial charge is 0.453 e. The highest BCUT2D eigenvalue weighted by Crippen LogP contribution is 2.36. The maximum Gasteiger partial charge on any atom is 0.409 e. The fourth-order valence-electron chi connectivity index (χ4n) is 4.68. The van der Waals surface area contributed by atoms with E-state index in [0.717, 1.165) is 60.8 Å². The number of rotatable bonds is 5. The van der Waals surface area contributed by atoms with Gasteiger partial charge in [0.2, 0.25) is 0 Å². The van der Waals surface area contributed by atoms with Crippen molar-refractivity contribution >= 4 is 17.6 Å². The number of methoxy groups -OCH3 is 1. The summed E-state index contributed by atoms with van der Waals surface area (Å²) in [5.74, 6) is 0.733. The quantitative estimate of drug-likeness (QED) is 0.664. The predicted molar refractivity (Wildman–Crippen MR) is 121 cm³/mol. The van der Waals surface area contributed by atoms with E-state index in [9.17, 15) is 9.18 Å². The number of hydrogen-bond acceptors (Lipinski definition) is 5. The Kier molecular flexibility index (Phi) is 6.69. The Morgan fingerprint density at radius 2 is 2.12 bits per heavy atom. The van der Waals surface area contributed by atoms with Gasteiger partial charge >= 0.3 is 6.09 Å². The molecule has 1 saturated heterocycles. The number of aromatic nitrogens is 2. The van der Waals surface area contributed by atoms with Crippen LogP contribution in [0.3, 0.4) is 0 Å². The van der Waals surface area contributed by atoms with Gasteiger partial charge in [0.15, 0.2) is 5.82 Å². The van der Waals surface area contributed by atoms with Crippen LogP contribution in [-0.2, 0) is 22.4 Å². The molecule has 1 atom stereocenters. The Labute approximate surface area is 189 Å². The standard InChI is InChI=1S/C24H33FN4O3/c1-5-16(2)19-7-6-18(14-21(19)25)27(3)23-20-15-28(24(30)31-4)11-8-22(20)29(26-23)17-9-12-32-13-10-17/h6-7,14,16-17H,5,8-13,15H2,1-4H3. The topological polar surface area (TPSA) is 59.8 Å². The Balaban J connectivity index is 1.72. The molecule has 1 amide bonds. The van der Waals surface area contributed by atoms with Gasteiger partial charge in [0.05, 0.1) is 19.7 Å². The molecule has 0 spiro atoms. The molecule has 1 unspecified atom stereocenters. The number of carbonyl (C=O) groups is 1. The van der Waals surface area contributed by atoms with E-state index in [1.165, 1.54) is 7.11 Å². The van der Waals surface area contributed by atoms with Crippen molar-refractivity contribution < 1.29 is 18.7 Å². The van der Waals surface area contributed by atoms with Crippen molar-refractivity contribution in [1.82, 2.24) is 14.7 Å². The van der Waals surface area contributed by atoms with Gasteiger partial charge in [-0.15, -0.1) is 0 Å². The lowest BCUT2D eigenvalue weighted by Crippen LogP contribution is -2.37. The highest BCUT2D eigenvalue weighted by atomic mass is 19.1. The second-order valence-corrected chi connectivity index (χ2v) is 8.75. The highest BCUT2D eigenvalue weighted by molar-refractivity contribution is 5.70. The first-order valence-corrected chi connectivity index (χ1v) is 11.5. The van der Waals surface area contributed by atoms with E-state index in [0.29, 0.717) is 19.5 Å². The summed E-state index contributed by atoms with van der Waals surface area (Å²) in [5.41, 5.74) is 3.62. The smallest absolute Gasteiger partial charge is 0.409 e. The van der Waals surface area contributed by atoms with Crippen molar-refractivity contribution in [2.45, 2.75) is 58.0 Å². The molecule has 3 heterocycles. The molecule has 32 heavy (non-hydrogen) atoms. The summed E-state index contributed by atoms with van der Waals surface area (Å²) in [6.07, 6.45) is 3.08. The summed E-state index contributed by atoms with van der Waals surface area (Å²) in [6, 6.07) is 5.68. The number of benzene rings is 1. The summed E-state index contributed by atoms with van der Waals surface area (Å²) in [5, 5.41) is 5.00. The average molecular weight is 445 g/mol. The number of amides is 1. The van der Waals surface area contributed by atoms with E-state index < -0.39 is 0 Å².